The Hall–Kier alpha value is -2.59. The van der Waals surface area contributed by atoms with Gasteiger partial charge in [0.05, 0.1) is 4.88 Å². The highest BCUT2D eigenvalue weighted by molar-refractivity contribution is 7.17. The van der Waals surface area contributed by atoms with Crippen molar-refractivity contribution in [1.29, 1.82) is 0 Å². The summed E-state index contributed by atoms with van der Waals surface area (Å²) in [7, 11) is 0. The van der Waals surface area contributed by atoms with Crippen molar-refractivity contribution in [3.05, 3.63) is 70.6 Å². The van der Waals surface area contributed by atoms with E-state index in [4.69, 9.17) is 0 Å². The highest BCUT2D eigenvalue weighted by Gasteiger charge is 2.13. The zero-order valence-corrected chi connectivity index (χ0v) is 12.7. The lowest BCUT2D eigenvalue weighted by Gasteiger charge is -2.02. The molecule has 3 nitrogen and oxygen atoms in total. The lowest BCUT2D eigenvalue weighted by Crippen LogP contribution is -1.97. The molecule has 3 rings (SSSR count). The third kappa shape index (κ3) is 2.73. The molecule has 0 bridgehead atoms. The predicted octanol–water partition coefficient (Wildman–Crippen LogP) is 4.37. The van der Waals surface area contributed by atoms with Gasteiger partial charge in [-0.15, -0.1) is 11.3 Å². The Morgan fingerprint density at radius 2 is 1.82 bits per heavy atom. The summed E-state index contributed by atoms with van der Waals surface area (Å²) in [4.78, 5) is 14.0. The van der Waals surface area contributed by atoms with Crippen molar-refractivity contribution < 1.29 is 15.0 Å². The van der Waals surface area contributed by atoms with Crippen LogP contribution in [-0.2, 0) is 0 Å². The number of aryl methyl sites for hydroxylation is 1. The zero-order valence-electron chi connectivity index (χ0n) is 11.9. The fraction of sp³-hybridized carbons (Fsp3) is 0.0556. The lowest BCUT2D eigenvalue weighted by molar-refractivity contribution is 0.104. The van der Waals surface area contributed by atoms with Crippen LogP contribution in [-0.4, -0.2) is 16.0 Å². The van der Waals surface area contributed by atoms with Crippen LogP contribution in [0, 0.1) is 6.92 Å². The van der Waals surface area contributed by atoms with Crippen molar-refractivity contribution in [3.63, 3.8) is 0 Å². The van der Waals surface area contributed by atoms with Gasteiger partial charge in [-0.25, -0.2) is 0 Å². The van der Waals surface area contributed by atoms with Crippen LogP contribution in [0.4, 0.5) is 0 Å². The Morgan fingerprint density at radius 1 is 1.00 bits per heavy atom. The number of carbonyl (C=O) groups is 1. The van der Waals surface area contributed by atoms with Gasteiger partial charge < -0.3 is 10.2 Å². The molecule has 0 saturated heterocycles. The second-order valence-corrected chi connectivity index (χ2v) is 6.13. The number of rotatable bonds is 3. The quantitative estimate of drug-likeness (QED) is 0.706. The molecule has 2 N–H and O–H groups in total. The molecule has 22 heavy (non-hydrogen) atoms. The van der Waals surface area contributed by atoms with Crippen LogP contribution < -0.4 is 0 Å². The van der Waals surface area contributed by atoms with Gasteiger partial charge in [0, 0.05) is 10.4 Å². The molecule has 0 amide bonds. The number of phenolic OH excluding ortho intramolecular Hbond substituents is 2. The lowest BCUT2D eigenvalue weighted by atomic mass is 10.1. The van der Waals surface area contributed by atoms with E-state index >= 15 is 0 Å². The summed E-state index contributed by atoms with van der Waals surface area (Å²) in [6, 6.07) is 15.4. The molecule has 1 aromatic heterocycles. The van der Waals surface area contributed by atoms with E-state index < -0.39 is 0 Å². The first-order valence-electron chi connectivity index (χ1n) is 6.78. The van der Waals surface area contributed by atoms with Crippen molar-refractivity contribution in [1.82, 2.24) is 0 Å². The number of aromatic hydroxyl groups is 2. The largest absolute Gasteiger partial charge is 0.508 e. The standard InChI is InChI=1S/C18H14O3S/c1-11-9-12(5-6-15(11)20)16-7-8-17(22-16)18(21)13-3-2-4-14(19)10-13/h2-10,19-20H,1H3. The number of ketones is 1. The second kappa shape index (κ2) is 5.66. The van der Waals surface area contributed by atoms with E-state index in [2.05, 4.69) is 0 Å². The molecule has 1 heterocycles. The zero-order chi connectivity index (χ0) is 15.7. The second-order valence-electron chi connectivity index (χ2n) is 5.04. The summed E-state index contributed by atoms with van der Waals surface area (Å²) >= 11 is 1.40. The summed E-state index contributed by atoms with van der Waals surface area (Å²) in [5, 5.41) is 19.1. The van der Waals surface area contributed by atoms with Gasteiger partial charge in [-0.1, -0.05) is 12.1 Å². The molecule has 2 aromatic carbocycles. The molecule has 0 radical (unpaired) electrons. The number of carbonyl (C=O) groups excluding carboxylic acids is 1. The number of hydrogen-bond acceptors (Lipinski definition) is 4. The normalized spacial score (nSPS) is 10.6. The Morgan fingerprint density at radius 3 is 2.55 bits per heavy atom. The van der Waals surface area contributed by atoms with Crippen LogP contribution in [0.25, 0.3) is 10.4 Å². The Balaban J connectivity index is 1.93. The fourth-order valence-electron chi connectivity index (χ4n) is 2.21. The maximum Gasteiger partial charge on any atom is 0.203 e. The van der Waals surface area contributed by atoms with Crippen LogP contribution in [0.2, 0.25) is 0 Å². The molecule has 0 saturated carbocycles. The van der Waals surface area contributed by atoms with E-state index in [0.717, 1.165) is 16.0 Å². The van der Waals surface area contributed by atoms with Crippen LogP contribution in [0.3, 0.4) is 0 Å². The van der Waals surface area contributed by atoms with Gasteiger partial charge in [0.1, 0.15) is 11.5 Å². The minimum absolute atomic E-state index is 0.0804. The molecule has 0 aliphatic rings. The minimum atomic E-state index is -0.109. The van der Waals surface area contributed by atoms with Crippen LogP contribution in [0.15, 0.2) is 54.6 Å². The number of phenols is 2. The van der Waals surface area contributed by atoms with E-state index in [1.54, 1.807) is 24.3 Å². The molecule has 0 aliphatic heterocycles. The molecule has 4 heteroatoms. The number of thiophene rings is 1. The average Bonchev–Trinajstić information content (AvgIpc) is 2.99. The molecule has 0 spiro atoms. The highest BCUT2D eigenvalue weighted by atomic mass is 32.1. The third-order valence-electron chi connectivity index (χ3n) is 3.42. The maximum absolute atomic E-state index is 12.4. The van der Waals surface area contributed by atoms with E-state index in [1.165, 1.54) is 23.5 Å². The fourth-order valence-corrected chi connectivity index (χ4v) is 3.18. The summed E-state index contributed by atoms with van der Waals surface area (Å²) in [5.74, 6) is 0.232. The maximum atomic E-state index is 12.4. The Kier molecular flexibility index (Phi) is 3.69. The van der Waals surface area contributed by atoms with Gasteiger partial charge in [-0.3, -0.25) is 4.79 Å². The van der Waals surface area contributed by atoms with Gasteiger partial charge in [-0.05, 0) is 60.5 Å². The van der Waals surface area contributed by atoms with Crippen molar-refractivity contribution in [2.75, 3.05) is 0 Å². The molecule has 0 aliphatic carbocycles. The topological polar surface area (TPSA) is 57.5 Å². The molecule has 3 aromatic rings. The van der Waals surface area contributed by atoms with Crippen LogP contribution in [0.1, 0.15) is 20.8 Å². The first kappa shape index (κ1) is 14.4. The van der Waals surface area contributed by atoms with Crippen molar-refractivity contribution in [2.24, 2.45) is 0 Å². The van der Waals surface area contributed by atoms with Crippen molar-refractivity contribution >= 4 is 17.1 Å². The van der Waals surface area contributed by atoms with E-state index in [0.29, 0.717) is 10.4 Å². The summed E-state index contributed by atoms with van der Waals surface area (Å²) in [6.07, 6.45) is 0. The van der Waals surface area contributed by atoms with Gasteiger partial charge in [0.15, 0.2) is 0 Å². The minimum Gasteiger partial charge on any atom is -0.508 e. The van der Waals surface area contributed by atoms with Gasteiger partial charge in [0.2, 0.25) is 5.78 Å². The monoisotopic (exact) mass is 310 g/mol. The van der Waals surface area contributed by atoms with Crippen LogP contribution in [0.5, 0.6) is 11.5 Å². The van der Waals surface area contributed by atoms with E-state index in [9.17, 15) is 15.0 Å². The molecular formula is C18H14O3S. The Bertz CT molecular complexity index is 849. The number of benzene rings is 2. The number of hydrogen-bond donors (Lipinski definition) is 2. The third-order valence-corrected chi connectivity index (χ3v) is 4.55. The van der Waals surface area contributed by atoms with E-state index in [1.807, 2.05) is 25.1 Å². The van der Waals surface area contributed by atoms with Gasteiger partial charge in [-0.2, -0.15) is 0 Å². The van der Waals surface area contributed by atoms with Gasteiger partial charge in [0.25, 0.3) is 0 Å². The molecule has 0 fully saturated rings. The predicted molar refractivity (Wildman–Crippen MR) is 87.7 cm³/mol. The van der Waals surface area contributed by atoms with Crippen molar-refractivity contribution in [3.8, 4) is 21.9 Å². The molecular weight excluding hydrogens is 296 g/mol. The first-order chi connectivity index (χ1) is 10.5. The van der Waals surface area contributed by atoms with Gasteiger partial charge >= 0.3 is 0 Å². The molecule has 0 unspecified atom stereocenters. The average molecular weight is 310 g/mol. The highest BCUT2D eigenvalue weighted by Crippen LogP contribution is 2.32. The SMILES string of the molecule is Cc1cc(-c2ccc(C(=O)c3cccc(O)c3)s2)ccc1O. The van der Waals surface area contributed by atoms with Crippen LogP contribution >= 0.6 is 11.3 Å². The smallest absolute Gasteiger partial charge is 0.203 e. The molecule has 110 valence electrons. The molecule has 0 atom stereocenters. The van der Waals surface area contributed by atoms with Crippen molar-refractivity contribution in [2.45, 2.75) is 6.92 Å². The summed E-state index contributed by atoms with van der Waals surface area (Å²) in [6.45, 7) is 1.84. The Labute approximate surface area is 132 Å². The first-order valence-corrected chi connectivity index (χ1v) is 7.60. The van der Waals surface area contributed by atoms with E-state index in [-0.39, 0.29) is 17.3 Å². The summed E-state index contributed by atoms with van der Waals surface area (Å²) in [5.41, 5.74) is 2.23. The summed E-state index contributed by atoms with van der Waals surface area (Å²) < 4.78 is 0.